The number of carboxylic acid groups (broad SMARTS) is 1. The van der Waals surface area contributed by atoms with E-state index in [-0.39, 0.29) is 5.92 Å². The van der Waals surface area contributed by atoms with Gasteiger partial charge in [0.15, 0.2) is 0 Å². The van der Waals surface area contributed by atoms with Gasteiger partial charge in [-0.2, -0.15) is 0 Å². The van der Waals surface area contributed by atoms with Crippen molar-refractivity contribution in [2.75, 3.05) is 0 Å². The van der Waals surface area contributed by atoms with Crippen molar-refractivity contribution < 1.29 is 19.9 Å². The monoisotopic (exact) mass is 332 g/mol. The highest BCUT2D eigenvalue weighted by molar-refractivity contribution is 5.90. The number of carbonyl (C=O) groups is 2. The average molecular weight is 332 g/mol. The molecule has 4 N–H and O–H groups in total. The highest BCUT2D eigenvalue weighted by atomic mass is 16.5. The van der Waals surface area contributed by atoms with Crippen LogP contribution >= 0.6 is 0 Å². The van der Waals surface area contributed by atoms with E-state index in [0.717, 1.165) is 36.8 Å². The molecular weight excluding hydrogens is 308 g/mol. The van der Waals surface area contributed by atoms with E-state index < -0.39 is 17.9 Å². The predicted molar refractivity (Wildman–Crippen MR) is 90.2 cm³/mol. The number of hydrogen-bond acceptors (Lipinski definition) is 4. The summed E-state index contributed by atoms with van der Waals surface area (Å²) in [4.78, 5) is 22.5. The Bertz CT molecular complexity index is 577. The van der Waals surface area contributed by atoms with E-state index in [1.54, 1.807) is 6.08 Å². The summed E-state index contributed by atoms with van der Waals surface area (Å²) in [5, 5.41) is 21.1. The molecule has 130 valence electrons. The molecule has 1 unspecified atom stereocenters. The van der Waals surface area contributed by atoms with Crippen molar-refractivity contribution in [1.29, 1.82) is 0 Å². The van der Waals surface area contributed by atoms with Crippen LogP contribution in [-0.2, 0) is 16.1 Å². The molecule has 0 spiro atoms. The topological polar surface area (TPSA) is 98.7 Å². The van der Waals surface area contributed by atoms with E-state index in [2.05, 4.69) is 5.32 Å². The lowest BCUT2D eigenvalue weighted by Gasteiger charge is -2.28. The normalized spacial score (nSPS) is 16.9. The van der Waals surface area contributed by atoms with Gasteiger partial charge < -0.3 is 10.4 Å². The largest absolute Gasteiger partial charge is 0.480 e. The molecule has 6 heteroatoms. The highest BCUT2D eigenvalue weighted by Gasteiger charge is 2.28. The Morgan fingerprint density at radius 3 is 2.42 bits per heavy atom. The summed E-state index contributed by atoms with van der Waals surface area (Å²) in [6, 6.07) is 6.97. The lowest BCUT2D eigenvalue weighted by atomic mass is 9.84. The Morgan fingerprint density at radius 1 is 1.17 bits per heavy atom. The summed E-state index contributed by atoms with van der Waals surface area (Å²) in [6.07, 6.45) is 8.19. The highest BCUT2D eigenvalue weighted by Crippen LogP contribution is 2.26. The fourth-order valence-corrected chi connectivity index (χ4v) is 3.11. The molecule has 0 aromatic heterocycles. The van der Waals surface area contributed by atoms with Crippen LogP contribution < -0.4 is 10.8 Å². The number of benzene rings is 1. The zero-order valence-electron chi connectivity index (χ0n) is 13.6. The number of carbonyl (C=O) groups excluding carboxylic acids is 1. The van der Waals surface area contributed by atoms with Crippen LogP contribution in [0.15, 0.2) is 30.3 Å². The van der Waals surface area contributed by atoms with Crippen molar-refractivity contribution in [3.63, 3.8) is 0 Å². The molecule has 2 rings (SSSR count). The first-order valence-electron chi connectivity index (χ1n) is 8.27. The third kappa shape index (κ3) is 5.47. The molecule has 0 heterocycles. The van der Waals surface area contributed by atoms with Gasteiger partial charge in [-0.15, -0.1) is 0 Å². The quantitative estimate of drug-likeness (QED) is 0.349. The molecule has 6 nitrogen and oxygen atoms in total. The van der Waals surface area contributed by atoms with Crippen molar-refractivity contribution in [2.45, 2.75) is 44.7 Å². The minimum atomic E-state index is -0.781. The number of hydroxylamine groups is 1. The number of amides is 1. The van der Waals surface area contributed by atoms with E-state index >= 15 is 0 Å². The third-order valence-corrected chi connectivity index (χ3v) is 4.43. The Morgan fingerprint density at radius 2 is 1.83 bits per heavy atom. The summed E-state index contributed by atoms with van der Waals surface area (Å²) in [5.74, 6) is -1.16. The van der Waals surface area contributed by atoms with Crippen molar-refractivity contribution in [3.05, 3.63) is 41.5 Å². The van der Waals surface area contributed by atoms with Crippen molar-refractivity contribution in [1.82, 2.24) is 10.8 Å². The van der Waals surface area contributed by atoms with Crippen molar-refractivity contribution in [3.8, 4) is 0 Å². The first-order chi connectivity index (χ1) is 11.6. The van der Waals surface area contributed by atoms with Crippen LogP contribution in [0.2, 0.25) is 0 Å². The van der Waals surface area contributed by atoms with E-state index in [1.165, 1.54) is 18.0 Å². The van der Waals surface area contributed by atoms with Gasteiger partial charge in [-0.1, -0.05) is 43.5 Å². The second-order valence-corrected chi connectivity index (χ2v) is 6.15. The molecule has 1 atom stereocenters. The van der Waals surface area contributed by atoms with Crippen LogP contribution in [0.5, 0.6) is 0 Å². The molecule has 1 fully saturated rings. The van der Waals surface area contributed by atoms with Crippen molar-refractivity contribution in [2.24, 2.45) is 5.92 Å². The minimum Gasteiger partial charge on any atom is -0.480 e. The smallest absolute Gasteiger partial charge is 0.320 e. The van der Waals surface area contributed by atoms with Crippen LogP contribution in [0, 0.1) is 5.92 Å². The van der Waals surface area contributed by atoms with Gasteiger partial charge in [0.25, 0.3) is 5.91 Å². The number of carboxylic acids is 1. The van der Waals surface area contributed by atoms with Gasteiger partial charge in [-0.3, -0.25) is 14.8 Å². The number of rotatable bonds is 7. The van der Waals surface area contributed by atoms with E-state index in [4.69, 9.17) is 5.21 Å². The zero-order valence-corrected chi connectivity index (χ0v) is 13.6. The van der Waals surface area contributed by atoms with Crippen LogP contribution in [0.4, 0.5) is 0 Å². The second kappa shape index (κ2) is 9.20. The summed E-state index contributed by atoms with van der Waals surface area (Å²) < 4.78 is 0. The molecule has 0 saturated heterocycles. The summed E-state index contributed by atoms with van der Waals surface area (Å²) in [5.41, 5.74) is 3.34. The number of nitrogens with one attached hydrogen (secondary N) is 2. The van der Waals surface area contributed by atoms with Crippen LogP contribution in [0.3, 0.4) is 0 Å². The Hall–Kier alpha value is -2.18. The number of hydrogen-bond donors (Lipinski definition) is 4. The van der Waals surface area contributed by atoms with Gasteiger partial charge in [0.05, 0.1) is 0 Å². The summed E-state index contributed by atoms with van der Waals surface area (Å²) in [7, 11) is 0. The maximum absolute atomic E-state index is 11.5. The minimum absolute atomic E-state index is 0.204. The Labute approximate surface area is 141 Å². The maximum Gasteiger partial charge on any atom is 0.320 e. The summed E-state index contributed by atoms with van der Waals surface area (Å²) >= 11 is 0. The fraction of sp³-hybridized carbons (Fsp3) is 0.444. The van der Waals surface area contributed by atoms with Gasteiger partial charge in [-0.25, -0.2) is 5.48 Å². The molecule has 24 heavy (non-hydrogen) atoms. The van der Waals surface area contributed by atoms with E-state index in [0.29, 0.717) is 6.54 Å². The van der Waals surface area contributed by atoms with E-state index in [9.17, 15) is 14.7 Å². The molecule has 0 aliphatic heterocycles. The van der Waals surface area contributed by atoms with Crippen LogP contribution in [0.1, 0.15) is 43.2 Å². The number of aliphatic carboxylic acids is 1. The van der Waals surface area contributed by atoms with Gasteiger partial charge in [-0.05, 0) is 36.0 Å². The first-order valence-corrected chi connectivity index (χ1v) is 8.27. The molecule has 1 aromatic carbocycles. The zero-order chi connectivity index (χ0) is 17.4. The SMILES string of the molecule is O=C(/C=C/c1ccc(CNC(C(=O)O)C2CCCCC2)cc1)NO. The van der Waals surface area contributed by atoms with Gasteiger partial charge in [0, 0.05) is 12.6 Å². The third-order valence-electron chi connectivity index (χ3n) is 4.43. The fourth-order valence-electron chi connectivity index (χ4n) is 3.11. The molecule has 0 radical (unpaired) electrons. The Balaban J connectivity index is 1.91. The molecule has 0 bridgehead atoms. The predicted octanol–water partition coefficient (Wildman–Crippen LogP) is 2.33. The molecule has 1 amide bonds. The molecule has 1 aliphatic rings. The lowest BCUT2D eigenvalue weighted by molar-refractivity contribution is -0.141. The van der Waals surface area contributed by atoms with Crippen LogP contribution in [0.25, 0.3) is 6.08 Å². The van der Waals surface area contributed by atoms with Gasteiger partial charge in [0.1, 0.15) is 6.04 Å². The molecule has 1 aliphatic carbocycles. The lowest BCUT2D eigenvalue weighted by Crippen LogP contribution is -2.43. The standard InChI is InChI=1S/C18H24N2O4/c21-16(20-24)11-10-13-6-8-14(9-7-13)12-19-17(18(22)23)15-4-2-1-3-5-15/h6-11,15,17,19,24H,1-5,12H2,(H,20,21)(H,22,23)/b11-10+. The molecule has 1 saturated carbocycles. The molecular formula is C18H24N2O4. The Kier molecular flexibility index (Phi) is 6.96. The molecule has 1 aromatic rings. The van der Waals surface area contributed by atoms with Gasteiger partial charge in [0.2, 0.25) is 0 Å². The first kappa shape index (κ1) is 18.2. The van der Waals surface area contributed by atoms with Crippen LogP contribution in [-0.4, -0.2) is 28.2 Å². The second-order valence-electron chi connectivity index (χ2n) is 6.15. The van der Waals surface area contributed by atoms with Gasteiger partial charge >= 0.3 is 5.97 Å². The van der Waals surface area contributed by atoms with Crippen molar-refractivity contribution >= 4 is 18.0 Å². The van der Waals surface area contributed by atoms with E-state index in [1.807, 2.05) is 24.3 Å². The summed E-state index contributed by atoms with van der Waals surface area (Å²) in [6.45, 7) is 0.495. The maximum atomic E-state index is 11.5. The average Bonchev–Trinajstić information content (AvgIpc) is 2.61.